The summed E-state index contributed by atoms with van der Waals surface area (Å²) >= 11 is 0. The maximum absolute atomic E-state index is 6.19. The van der Waals surface area contributed by atoms with Gasteiger partial charge in [-0.1, -0.05) is 25.1 Å². The SMILES string of the molecule is CCc1cnc(N2CCC(Oc3ncnc(Oc4ccccc4)c3C)CC2)nc1. The highest BCUT2D eigenvalue weighted by Gasteiger charge is 2.24. The Morgan fingerprint density at radius 1 is 0.966 bits per heavy atom. The monoisotopic (exact) mass is 391 g/mol. The number of aromatic nitrogens is 4. The summed E-state index contributed by atoms with van der Waals surface area (Å²) in [6, 6.07) is 9.59. The molecule has 2 aromatic heterocycles. The molecule has 0 bridgehead atoms. The molecule has 29 heavy (non-hydrogen) atoms. The van der Waals surface area contributed by atoms with Gasteiger partial charge in [0.05, 0.1) is 5.56 Å². The van der Waals surface area contributed by atoms with Crippen LogP contribution in [0.15, 0.2) is 49.1 Å². The molecule has 0 unspecified atom stereocenters. The van der Waals surface area contributed by atoms with Crippen LogP contribution in [0, 0.1) is 6.92 Å². The standard InChI is InChI=1S/C22H25N5O2/c1-3-17-13-23-22(24-14-17)27-11-9-19(10-12-27)29-21-16(2)20(25-15-26-21)28-18-7-5-4-6-8-18/h4-8,13-15,19H,3,9-12H2,1-2H3. The van der Waals surface area contributed by atoms with Gasteiger partial charge in [0.25, 0.3) is 0 Å². The van der Waals surface area contributed by atoms with Crippen LogP contribution in [0.4, 0.5) is 5.95 Å². The van der Waals surface area contributed by atoms with Crippen LogP contribution < -0.4 is 14.4 Å². The maximum atomic E-state index is 6.19. The number of anilines is 1. The average molecular weight is 391 g/mol. The van der Waals surface area contributed by atoms with E-state index in [0.717, 1.165) is 55.2 Å². The summed E-state index contributed by atoms with van der Waals surface area (Å²) in [4.78, 5) is 19.7. The van der Waals surface area contributed by atoms with Crippen LogP contribution in [-0.2, 0) is 6.42 Å². The summed E-state index contributed by atoms with van der Waals surface area (Å²) in [7, 11) is 0. The third kappa shape index (κ3) is 4.62. The fourth-order valence-corrected chi connectivity index (χ4v) is 3.27. The molecular weight excluding hydrogens is 366 g/mol. The van der Waals surface area contributed by atoms with Gasteiger partial charge in [-0.15, -0.1) is 0 Å². The molecule has 0 saturated carbocycles. The molecule has 0 N–H and O–H groups in total. The summed E-state index contributed by atoms with van der Waals surface area (Å²) in [6.07, 6.45) is 8.12. The third-order valence-corrected chi connectivity index (χ3v) is 5.05. The first kappa shape index (κ1) is 19.1. The second kappa shape index (κ2) is 8.86. The second-order valence-corrected chi connectivity index (χ2v) is 7.07. The number of hydrogen-bond acceptors (Lipinski definition) is 7. The highest BCUT2D eigenvalue weighted by Crippen LogP contribution is 2.29. The summed E-state index contributed by atoms with van der Waals surface area (Å²) in [5, 5.41) is 0. The number of piperidine rings is 1. The van der Waals surface area contributed by atoms with E-state index in [1.165, 1.54) is 6.33 Å². The minimum atomic E-state index is 0.0966. The van der Waals surface area contributed by atoms with Crippen LogP contribution in [0.2, 0.25) is 0 Å². The van der Waals surface area contributed by atoms with Gasteiger partial charge in [0.2, 0.25) is 17.7 Å². The van der Waals surface area contributed by atoms with Crippen molar-refractivity contribution >= 4 is 5.95 Å². The highest BCUT2D eigenvalue weighted by molar-refractivity contribution is 5.37. The number of ether oxygens (including phenoxy) is 2. The summed E-state index contributed by atoms with van der Waals surface area (Å²) in [5.74, 6) is 2.62. The Bertz CT molecular complexity index is 926. The van der Waals surface area contributed by atoms with Crippen molar-refractivity contribution in [3.05, 3.63) is 60.2 Å². The number of nitrogens with zero attached hydrogens (tertiary/aromatic N) is 5. The van der Waals surface area contributed by atoms with E-state index < -0.39 is 0 Å². The van der Waals surface area contributed by atoms with Crippen molar-refractivity contribution in [3.8, 4) is 17.5 Å². The van der Waals surface area contributed by atoms with Crippen molar-refractivity contribution in [3.63, 3.8) is 0 Å². The van der Waals surface area contributed by atoms with Gasteiger partial charge in [0.15, 0.2) is 0 Å². The fraction of sp³-hybridized carbons (Fsp3) is 0.364. The van der Waals surface area contributed by atoms with Crippen molar-refractivity contribution in [1.29, 1.82) is 0 Å². The summed E-state index contributed by atoms with van der Waals surface area (Å²) in [5.41, 5.74) is 1.96. The van der Waals surface area contributed by atoms with Crippen LogP contribution in [0.5, 0.6) is 17.5 Å². The number of para-hydroxylation sites is 1. The number of hydrogen-bond donors (Lipinski definition) is 0. The molecule has 0 spiro atoms. The minimum Gasteiger partial charge on any atom is -0.474 e. The third-order valence-electron chi connectivity index (χ3n) is 5.05. The topological polar surface area (TPSA) is 73.3 Å². The molecule has 0 atom stereocenters. The van der Waals surface area contributed by atoms with Gasteiger partial charge in [-0.05, 0) is 31.0 Å². The predicted molar refractivity (Wildman–Crippen MR) is 111 cm³/mol. The molecule has 7 heteroatoms. The zero-order chi connectivity index (χ0) is 20.1. The predicted octanol–water partition coefficient (Wildman–Crippen LogP) is 3.98. The first-order valence-electron chi connectivity index (χ1n) is 10.00. The molecule has 1 fully saturated rings. The Kier molecular flexibility index (Phi) is 5.84. The van der Waals surface area contributed by atoms with Crippen LogP contribution in [0.3, 0.4) is 0 Å². The van der Waals surface area contributed by atoms with Crippen molar-refractivity contribution in [2.45, 2.75) is 39.2 Å². The minimum absolute atomic E-state index is 0.0966. The van der Waals surface area contributed by atoms with Gasteiger partial charge in [-0.3, -0.25) is 0 Å². The highest BCUT2D eigenvalue weighted by atomic mass is 16.5. The van der Waals surface area contributed by atoms with E-state index in [1.54, 1.807) is 0 Å². The van der Waals surface area contributed by atoms with Gasteiger partial charge in [-0.25, -0.2) is 19.9 Å². The lowest BCUT2D eigenvalue weighted by Crippen LogP contribution is -2.39. The Labute approximate surface area is 170 Å². The van der Waals surface area contributed by atoms with Gasteiger partial charge in [0.1, 0.15) is 18.2 Å². The summed E-state index contributed by atoms with van der Waals surface area (Å²) < 4.78 is 12.1. The van der Waals surface area contributed by atoms with Crippen molar-refractivity contribution in [1.82, 2.24) is 19.9 Å². The largest absolute Gasteiger partial charge is 0.474 e. The molecule has 0 radical (unpaired) electrons. The molecule has 0 amide bonds. The lowest BCUT2D eigenvalue weighted by atomic mass is 10.1. The van der Waals surface area contributed by atoms with Gasteiger partial charge in [-0.2, -0.15) is 0 Å². The molecule has 0 aliphatic carbocycles. The molecule has 1 aromatic carbocycles. The smallest absolute Gasteiger partial charge is 0.229 e. The number of rotatable bonds is 6. The van der Waals surface area contributed by atoms with Crippen LogP contribution in [0.1, 0.15) is 30.9 Å². The van der Waals surface area contributed by atoms with Gasteiger partial charge in [0, 0.05) is 38.3 Å². The van der Waals surface area contributed by atoms with Gasteiger partial charge >= 0.3 is 0 Å². The van der Waals surface area contributed by atoms with E-state index in [4.69, 9.17) is 9.47 Å². The zero-order valence-electron chi connectivity index (χ0n) is 16.8. The van der Waals surface area contributed by atoms with E-state index in [9.17, 15) is 0 Å². The molecule has 1 aliphatic rings. The van der Waals surface area contributed by atoms with E-state index in [-0.39, 0.29) is 6.10 Å². The quantitative estimate of drug-likeness (QED) is 0.629. The van der Waals surface area contributed by atoms with Crippen LogP contribution >= 0.6 is 0 Å². The molecule has 4 rings (SSSR count). The summed E-state index contributed by atoms with van der Waals surface area (Å²) in [6.45, 7) is 5.74. The first-order valence-corrected chi connectivity index (χ1v) is 10.00. The fourth-order valence-electron chi connectivity index (χ4n) is 3.27. The van der Waals surface area contributed by atoms with E-state index in [1.807, 2.05) is 49.6 Å². The molecule has 150 valence electrons. The lowest BCUT2D eigenvalue weighted by Gasteiger charge is -2.32. The second-order valence-electron chi connectivity index (χ2n) is 7.07. The van der Waals surface area contributed by atoms with E-state index >= 15 is 0 Å². The van der Waals surface area contributed by atoms with Crippen molar-refractivity contribution < 1.29 is 9.47 Å². The molecule has 3 heterocycles. The van der Waals surface area contributed by atoms with E-state index in [2.05, 4.69) is 31.8 Å². The normalized spacial score (nSPS) is 14.6. The molecule has 1 saturated heterocycles. The Balaban J connectivity index is 1.37. The maximum Gasteiger partial charge on any atom is 0.229 e. The molecule has 1 aliphatic heterocycles. The van der Waals surface area contributed by atoms with Gasteiger partial charge < -0.3 is 14.4 Å². The molecule has 3 aromatic rings. The zero-order valence-corrected chi connectivity index (χ0v) is 16.8. The Morgan fingerprint density at radius 3 is 2.34 bits per heavy atom. The molecular formula is C22H25N5O2. The number of benzene rings is 1. The first-order chi connectivity index (χ1) is 14.2. The van der Waals surface area contributed by atoms with Crippen molar-refractivity contribution in [2.24, 2.45) is 0 Å². The van der Waals surface area contributed by atoms with E-state index in [0.29, 0.717) is 11.8 Å². The Morgan fingerprint density at radius 2 is 1.66 bits per heavy atom. The lowest BCUT2D eigenvalue weighted by molar-refractivity contribution is 0.161. The van der Waals surface area contributed by atoms with Crippen LogP contribution in [-0.4, -0.2) is 39.1 Å². The van der Waals surface area contributed by atoms with Crippen LogP contribution in [0.25, 0.3) is 0 Å². The average Bonchev–Trinajstić information content (AvgIpc) is 2.78. The Hall–Kier alpha value is -3.22. The number of aryl methyl sites for hydroxylation is 1. The molecule has 7 nitrogen and oxygen atoms in total. The van der Waals surface area contributed by atoms with Crippen molar-refractivity contribution in [2.75, 3.05) is 18.0 Å².